The zero-order valence-corrected chi connectivity index (χ0v) is 10.2. The first kappa shape index (κ1) is 12.8. The molecule has 19 heavy (non-hydrogen) atoms. The number of hydrogen-bond acceptors (Lipinski definition) is 3. The summed E-state index contributed by atoms with van der Waals surface area (Å²) >= 11 is 0. The lowest BCUT2D eigenvalue weighted by atomic mass is 10.2. The number of benzene rings is 2. The summed E-state index contributed by atoms with van der Waals surface area (Å²) in [6, 6.07) is 15.7. The van der Waals surface area contributed by atoms with E-state index in [0.29, 0.717) is 17.6 Å². The molecule has 3 heteroatoms. The average Bonchev–Trinajstić information content (AvgIpc) is 2.47. The number of hydrogen-bond donors (Lipinski definition) is 0. The fourth-order valence-corrected chi connectivity index (χ4v) is 1.54. The Morgan fingerprint density at radius 3 is 2.26 bits per heavy atom. The first-order valence-electron chi connectivity index (χ1n) is 5.79. The third kappa shape index (κ3) is 3.64. The van der Waals surface area contributed by atoms with E-state index in [1.807, 2.05) is 6.07 Å². The maximum absolute atomic E-state index is 11.8. The molecular formula is C16H12O3. The van der Waals surface area contributed by atoms with Gasteiger partial charge in [0.15, 0.2) is 0 Å². The van der Waals surface area contributed by atoms with Gasteiger partial charge in [0.1, 0.15) is 12.0 Å². The molecular weight excluding hydrogens is 240 g/mol. The highest BCUT2D eigenvalue weighted by Gasteiger charge is 2.06. The Hall–Kier alpha value is -2.68. The van der Waals surface area contributed by atoms with Gasteiger partial charge >= 0.3 is 5.97 Å². The van der Waals surface area contributed by atoms with Crippen LogP contribution >= 0.6 is 0 Å². The maximum Gasteiger partial charge on any atom is 0.343 e. The van der Waals surface area contributed by atoms with Crippen molar-refractivity contribution in [1.82, 2.24) is 0 Å². The third-order valence-corrected chi connectivity index (χ3v) is 2.47. The van der Waals surface area contributed by atoms with Gasteiger partial charge in [0.25, 0.3) is 0 Å². The molecule has 0 amide bonds. The van der Waals surface area contributed by atoms with Gasteiger partial charge in [-0.1, -0.05) is 36.4 Å². The molecule has 0 fully saturated rings. The molecule has 94 valence electrons. The molecule has 0 aromatic heterocycles. The van der Waals surface area contributed by atoms with E-state index in [0.717, 1.165) is 5.56 Å². The highest BCUT2D eigenvalue weighted by atomic mass is 16.5. The van der Waals surface area contributed by atoms with Crippen molar-refractivity contribution in [1.29, 1.82) is 0 Å². The van der Waals surface area contributed by atoms with Gasteiger partial charge < -0.3 is 4.74 Å². The lowest BCUT2D eigenvalue weighted by Crippen LogP contribution is -2.07. The zero-order chi connectivity index (χ0) is 13.5. The topological polar surface area (TPSA) is 43.4 Å². The van der Waals surface area contributed by atoms with Crippen molar-refractivity contribution in [3.63, 3.8) is 0 Å². The SMILES string of the molecule is O=CC=Cc1ccc(OC(=O)c2ccccc2)cc1. The van der Waals surface area contributed by atoms with E-state index in [-0.39, 0.29) is 0 Å². The van der Waals surface area contributed by atoms with E-state index in [1.54, 1.807) is 54.6 Å². The summed E-state index contributed by atoms with van der Waals surface area (Å²) in [5.41, 5.74) is 1.37. The van der Waals surface area contributed by atoms with Crippen LogP contribution in [0.3, 0.4) is 0 Å². The lowest BCUT2D eigenvalue weighted by Gasteiger charge is -2.04. The molecule has 0 radical (unpaired) electrons. The Morgan fingerprint density at radius 1 is 0.947 bits per heavy atom. The zero-order valence-electron chi connectivity index (χ0n) is 10.2. The lowest BCUT2D eigenvalue weighted by molar-refractivity contribution is -0.104. The molecule has 2 aromatic carbocycles. The van der Waals surface area contributed by atoms with Crippen molar-refractivity contribution in [3.05, 3.63) is 71.8 Å². The van der Waals surface area contributed by atoms with Gasteiger partial charge in [-0.2, -0.15) is 0 Å². The number of ether oxygens (including phenoxy) is 1. The van der Waals surface area contributed by atoms with Crippen LogP contribution in [0, 0.1) is 0 Å². The smallest absolute Gasteiger partial charge is 0.343 e. The predicted octanol–water partition coefficient (Wildman–Crippen LogP) is 3.12. The second-order valence-electron chi connectivity index (χ2n) is 3.82. The summed E-state index contributed by atoms with van der Waals surface area (Å²) in [7, 11) is 0. The van der Waals surface area contributed by atoms with Gasteiger partial charge in [0.2, 0.25) is 0 Å². The quantitative estimate of drug-likeness (QED) is 0.363. The molecule has 0 aliphatic rings. The summed E-state index contributed by atoms with van der Waals surface area (Å²) in [5, 5.41) is 0. The fraction of sp³-hybridized carbons (Fsp3) is 0. The van der Waals surface area contributed by atoms with Crippen LogP contribution in [0.4, 0.5) is 0 Å². The molecule has 2 aromatic rings. The number of esters is 1. The normalized spacial score (nSPS) is 10.3. The molecule has 0 atom stereocenters. The summed E-state index contributed by atoms with van der Waals surface area (Å²) in [4.78, 5) is 22.0. The molecule has 0 aliphatic carbocycles. The van der Waals surface area contributed by atoms with Crippen LogP contribution in [0.2, 0.25) is 0 Å². The number of allylic oxidation sites excluding steroid dienone is 1. The van der Waals surface area contributed by atoms with E-state index in [4.69, 9.17) is 4.74 Å². The summed E-state index contributed by atoms with van der Waals surface area (Å²) in [6.45, 7) is 0. The third-order valence-electron chi connectivity index (χ3n) is 2.47. The fourth-order valence-electron chi connectivity index (χ4n) is 1.54. The number of carbonyl (C=O) groups is 2. The molecule has 0 bridgehead atoms. The Kier molecular flexibility index (Phi) is 4.24. The molecule has 0 N–H and O–H groups in total. The van der Waals surface area contributed by atoms with Gasteiger partial charge in [0, 0.05) is 0 Å². The van der Waals surface area contributed by atoms with Crippen LogP contribution in [0.25, 0.3) is 6.08 Å². The van der Waals surface area contributed by atoms with E-state index >= 15 is 0 Å². The maximum atomic E-state index is 11.8. The average molecular weight is 252 g/mol. The van der Waals surface area contributed by atoms with Crippen molar-refractivity contribution < 1.29 is 14.3 Å². The van der Waals surface area contributed by atoms with Crippen molar-refractivity contribution in [3.8, 4) is 5.75 Å². The molecule has 0 heterocycles. The van der Waals surface area contributed by atoms with E-state index in [9.17, 15) is 9.59 Å². The molecule has 0 spiro atoms. The molecule has 0 saturated heterocycles. The Morgan fingerprint density at radius 2 is 1.63 bits per heavy atom. The first-order chi connectivity index (χ1) is 9.29. The number of carbonyl (C=O) groups excluding carboxylic acids is 2. The standard InChI is InChI=1S/C16H12O3/c17-12-4-5-13-8-10-15(11-9-13)19-16(18)14-6-2-1-3-7-14/h1-12H. The van der Waals surface area contributed by atoms with Crippen LogP contribution < -0.4 is 4.74 Å². The Bertz CT molecular complexity index is 583. The minimum atomic E-state index is -0.392. The van der Waals surface area contributed by atoms with Gasteiger partial charge in [-0.15, -0.1) is 0 Å². The van der Waals surface area contributed by atoms with Gasteiger partial charge in [-0.25, -0.2) is 4.79 Å². The number of aldehydes is 1. The largest absolute Gasteiger partial charge is 0.423 e. The monoisotopic (exact) mass is 252 g/mol. The Balaban J connectivity index is 2.06. The van der Waals surface area contributed by atoms with E-state index < -0.39 is 5.97 Å². The minimum absolute atomic E-state index is 0.392. The first-order valence-corrected chi connectivity index (χ1v) is 5.79. The predicted molar refractivity (Wildman–Crippen MR) is 72.9 cm³/mol. The summed E-state index contributed by atoms with van der Waals surface area (Å²) in [6.07, 6.45) is 3.80. The molecule has 2 rings (SSSR count). The van der Waals surface area contributed by atoms with Crippen molar-refractivity contribution in [2.24, 2.45) is 0 Å². The van der Waals surface area contributed by atoms with Gasteiger partial charge in [-0.3, -0.25) is 4.79 Å². The van der Waals surface area contributed by atoms with Crippen molar-refractivity contribution in [2.75, 3.05) is 0 Å². The van der Waals surface area contributed by atoms with Crippen LogP contribution in [0.5, 0.6) is 5.75 Å². The molecule has 3 nitrogen and oxygen atoms in total. The highest BCUT2D eigenvalue weighted by molar-refractivity contribution is 5.91. The Labute approximate surface area is 111 Å². The molecule has 0 saturated carbocycles. The summed E-state index contributed by atoms with van der Waals surface area (Å²) < 4.78 is 5.23. The summed E-state index contributed by atoms with van der Waals surface area (Å²) in [5.74, 6) is 0.0777. The van der Waals surface area contributed by atoms with Gasteiger partial charge in [0.05, 0.1) is 5.56 Å². The van der Waals surface area contributed by atoms with Crippen LogP contribution in [-0.2, 0) is 4.79 Å². The second-order valence-corrected chi connectivity index (χ2v) is 3.82. The second kappa shape index (κ2) is 6.31. The molecule has 0 unspecified atom stereocenters. The minimum Gasteiger partial charge on any atom is -0.423 e. The van der Waals surface area contributed by atoms with Crippen LogP contribution in [0.1, 0.15) is 15.9 Å². The van der Waals surface area contributed by atoms with Crippen LogP contribution in [0.15, 0.2) is 60.7 Å². The molecule has 0 aliphatic heterocycles. The van der Waals surface area contributed by atoms with Crippen LogP contribution in [-0.4, -0.2) is 12.3 Å². The van der Waals surface area contributed by atoms with Crippen molar-refractivity contribution in [2.45, 2.75) is 0 Å². The van der Waals surface area contributed by atoms with Crippen molar-refractivity contribution >= 4 is 18.3 Å². The van der Waals surface area contributed by atoms with Gasteiger partial charge in [-0.05, 0) is 35.9 Å². The number of rotatable bonds is 4. The van der Waals surface area contributed by atoms with E-state index in [1.165, 1.54) is 6.08 Å². The van der Waals surface area contributed by atoms with E-state index in [2.05, 4.69) is 0 Å². The highest BCUT2D eigenvalue weighted by Crippen LogP contribution is 2.15.